The second-order valence-corrected chi connectivity index (χ2v) is 8.16. The normalized spacial score (nSPS) is 11.9. The Bertz CT molecular complexity index is 921. The molecule has 0 saturated heterocycles. The summed E-state index contributed by atoms with van der Waals surface area (Å²) in [6, 6.07) is 12.8. The van der Waals surface area contributed by atoms with Crippen LogP contribution in [0.1, 0.15) is 10.4 Å². The van der Waals surface area contributed by atoms with E-state index in [0.29, 0.717) is 0 Å². The first kappa shape index (κ1) is 17.1. The van der Waals surface area contributed by atoms with Crippen molar-refractivity contribution in [2.75, 3.05) is 6.26 Å². The number of carbonyl (C=O) groups excluding carboxylic acids is 1. The molecule has 0 spiro atoms. The maximum absolute atomic E-state index is 12.2. The van der Waals surface area contributed by atoms with Gasteiger partial charge < -0.3 is 4.84 Å². The average molecular weight is 355 g/mol. The quantitative estimate of drug-likeness (QED) is 0.806. The van der Waals surface area contributed by atoms with Crippen molar-refractivity contribution in [3.63, 3.8) is 0 Å². The molecule has 0 saturated carbocycles. The lowest BCUT2D eigenvalue weighted by Gasteiger charge is -2.10. The fraction of sp³-hybridized carbons (Fsp3) is 0.0714. The molecule has 0 radical (unpaired) electrons. The van der Waals surface area contributed by atoms with Gasteiger partial charge in [0.15, 0.2) is 9.84 Å². The van der Waals surface area contributed by atoms with Crippen LogP contribution in [0.3, 0.4) is 0 Å². The Morgan fingerprint density at radius 2 is 1.39 bits per heavy atom. The van der Waals surface area contributed by atoms with E-state index in [1.807, 2.05) is 0 Å². The van der Waals surface area contributed by atoms with Crippen LogP contribution >= 0.6 is 0 Å². The van der Waals surface area contributed by atoms with Gasteiger partial charge in [-0.25, -0.2) is 21.6 Å². The third-order valence-electron chi connectivity index (χ3n) is 2.79. The topological polar surface area (TPSA) is 107 Å². The summed E-state index contributed by atoms with van der Waals surface area (Å²) in [5.74, 6) is -0.911. The summed E-state index contributed by atoms with van der Waals surface area (Å²) in [7, 11) is -8.12. The Morgan fingerprint density at radius 1 is 0.870 bits per heavy atom. The van der Waals surface area contributed by atoms with Gasteiger partial charge in [-0.3, -0.25) is 0 Å². The first-order valence-electron chi connectivity index (χ1n) is 6.29. The summed E-state index contributed by atoms with van der Waals surface area (Å²) in [6.45, 7) is 0. The smallest absolute Gasteiger partial charge is 0.351 e. The summed E-state index contributed by atoms with van der Waals surface area (Å²) in [5, 5.41) is 0. The van der Waals surface area contributed by atoms with E-state index in [1.165, 1.54) is 24.3 Å². The predicted octanol–water partition coefficient (Wildman–Crippen LogP) is 1.14. The summed E-state index contributed by atoms with van der Waals surface area (Å²) in [5.41, 5.74) is 0.145. The molecule has 0 amide bonds. The number of sulfonamides is 1. The zero-order valence-corrected chi connectivity index (χ0v) is 13.6. The van der Waals surface area contributed by atoms with Crippen LogP contribution < -0.4 is 4.89 Å². The Kier molecular flexibility index (Phi) is 4.83. The van der Waals surface area contributed by atoms with Crippen molar-refractivity contribution in [3.05, 3.63) is 60.2 Å². The van der Waals surface area contributed by atoms with Gasteiger partial charge in [0.2, 0.25) is 0 Å². The van der Waals surface area contributed by atoms with Crippen LogP contribution in [0.4, 0.5) is 0 Å². The lowest BCUT2D eigenvalue weighted by atomic mass is 10.2. The molecule has 0 aromatic heterocycles. The van der Waals surface area contributed by atoms with E-state index in [2.05, 4.69) is 4.84 Å². The lowest BCUT2D eigenvalue weighted by Crippen LogP contribution is -2.28. The Hall–Kier alpha value is -2.23. The molecule has 23 heavy (non-hydrogen) atoms. The highest BCUT2D eigenvalue weighted by Crippen LogP contribution is 2.20. The monoisotopic (exact) mass is 355 g/mol. The fourth-order valence-corrected chi connectivity index (χ4v) is 4.16. The maximum atomic E-state index is 12.2. The largest absolute Gasteiger partial charge is 0.357 e. The van der Waals surface area contributed by atoms with E-state index in [-0.39, 0.29) is 10.5 Å². The van der Waals surface area contributed by atoms with Crippen LogP contribution in [0.5, 0.6) is 0 Å². The molecule has 2 aromatic rings. The molecule has 0 atom stereocenters. The van der Waals surface area contributed by atoms with Crippen molar-refractivity contribution in [2.45, 2.75) is 9.79 Å². The van der Waals surface area contributed by atoms with Crippen LogP contribution in [-0.2, 0) is 24.7 Å². The third-order valence-corrected chi connectivity index (χ3v) is 5.31. The van der Waals surface area contributed by atoms with Crippen molar-refractivity contribution in [1.29, 1.82) is 0 Å². The molecule has 0 unspecified atom stereocenters. The van der Waals surface area contributed by atoms with Gasteiger partial charge in [0.25, 0.3) is 10.0 Å². The van der Waals surface area contributed by atoms with Gasteiger partial charge in [0.05, 0.1) is 10.5 Å². The molecule has 0 heterocycles. The first-order chi connectivity index (χ1) is 10.7. The van der Waals surface area contributed by atoms with E-state index < -0.39 is 30.7 Å². The Labute approximate surface area is 133 Å². The molecule has 1 N–H and O–H groups in total. The van der Waals surface area contributed by atoms with Crippen molar-refractivity contribution in [1.82, 2.24) is 4.89 Å². The zero-order valence-electron chi connectivity index (χ0n) is 12.0. The van der Waals surface area contributed by atoms with Gasteiger partial charge in [0, 0.05) is 6.26 Å². The summed E-state index contributed by atoms with van der Waals surface area (Å²) in [6.07, 6.45) is 0.886. The zero-order chi connectivity index (χ0) is 17.1. The van der Waals surface area contributed by atoms with Gasteiger partial charge in [-0.2, -0.15) is 0 Å². The molecule has 0 fully saturated rings. The van der Waals surface area contributed by atoms with Crippen molar-refractivity contribution in [2.24, 2.45) is 0 Å². The van der Waals surface area contributed by atoms with E-state index in [9.17, 15) is 21.6 Å². The number of carbonyl (C=O) groups is 1. The minimum atomic E-state index is -4.35. The second kappa shape index (κ2) is 6.49. The first-order valence-corrected chi connectivity index (χ1v) is 9.66. The van der Waals surface area contributed by atoms with Crippen LogP contribution in [-0.4, -0.2) is 29.1 Å². The van der Waals surface area contributed by atoms with Gasteiger partial charge >= 0.3 is 5.97 Å². The number of hydrogen-bond acceptors (Lipinski definition) is 6. The number of sulfone groups is 1. The van der Waals surface area contributed by atoms with Gasteiger partial charge in [-0.1, -0.05) is 30.3 Å². The summed E-state index contributed by atoms with van der Waals surface area (Å²) in [4.78, 5) is 17.0. The molecule has 7 nitrogen and oxygen atoms in total. The molecule has 0 aliphatic rings. The van der Waals surface area contributed by atoms with E-state index >= 15 is 0 Å². The number of nitrogens with one attached hydrogen (secondary N) is 1. The lowest BCUT2D eigenvalue weighted by molar-refractivity contribution is 0.0407. The SMILES string of the molecule is CS(=O)(=O)c1ccccc1S(=O)(=O)NOC(=O)c1ccccc1. The predicted molar refractivity (Wildman–Crippen MR) is 81.7 cm³/mol. The number of benzene rings is 2. The van der Waals surface area contributed by atoms with Gasteiger partial charge in [-0.15, -0.1) is 0 Å². The number of hydrogen-bond donors (Lipinski definition) is 1. The molecule has 9 heteroatoms. The molecular weight excluding hydrogens is 342 g/mol. The molecule has 0 aliphatic heterocycles. The van der Waals surface area contributed by atoms with Gasteiger partial charge in [0.1, 0.15) is 4.90 Å². The molecule has 0 bridgehead atoms. The Morgan fingerprint density at radius 3 is 1.96 bits per heavy atom. The molecule has 2 aromatic carbocycles. The summed E-state index contributed by atoms with van der Waals surface area (Å²) >= 11 is 0. The van der Waals surface area contributed by atoms with E-state index in [1.54, 1.807) is 23.1 Å². The molecular formula is C14H13NO6S2. The van der Waals surface area contributed by atoms with E-state index in [4.69, 9.17) is 0 Å². The Balaban J connectivity index is 2.26. The summed E-state index contributed by atoms with van der Waals surface area (Å²) < 4.78 is 47.7. The number of rotatable bonds is 5. The van der Waals surface area contributed by atoms with Crippen LogP contribution in [0, 0.1) is 0 Å². The minimum Gasteiger partial charge on any atom is -0.351 e. The average Bonchev–Trinajstić information content (AvgIpc) is 2.53. The highest BCUT2D eigenvalue weighted by molar-refractivity contribution is 7.93. The van der Waals surface area contributed by atoms with Gasteiger partial charge in [-0.05, 0) is 29.2 Å². The molecule has 2 rings (SSSR count). The van der Waals surface area contributed by atoms with Crippen LogP contribution in [0.15, 0.2) is 64.4 Å². The minimum absolute atomic E-state index is 0.145. The van der Waals surface area contributed by atoms with Crippen LogP contribution in [0.2, 0.25) is 0 Å². The van der Waals surface area contributed by atoms with Crippen molar-refractivity contribution < 1.29 is 26.5 Å². The van der Waals surface area contributed by atoms with E-state index in [0.717, 1.165) is 18.4 Å². The molecule has 0 aliphatic carbocycles. The second-order valence-electron chi connectivity index (χ2n) is 4.56. The highest BCUT2D eigenvalue weighted by atomic mass is 32.2. The maximum Gasteiger partial charge on any atom is 0.357 e. The third kappa shape index (κ3) is 4.15. The molecule has 122 valence electrons. The highest BCUT2D eigenvalue weighted by Gasteiger charge is 2.25. The van der Waals surface area contributed by atoms with Crippen molar-refractivity contribution in [3.8, 4) is 0 Å². The fourth-order valence-electron chi connectivity index (χ4n) is 1.75. The van der Waals surface area contributed by atoms with Crippen molar-refractivity contribution >= 4 is 25.8 Å². The van der Waals surface area contributed by atoms with Crippen LogP contribution in [0.25, 0.3) is 0 Å². The standard InChI is InChI=1S/C14H13NO6S2/c1-22(17,18)12-9-5-6-10-13(12)23(19,20)15-21-14(16)11-7-3-2-4-8-11/h2-10,15H,1H3.